The minimum absolute atomic E-state index is 0. The standard InChI is InChI=1S/C13H17Cl2FN2.ClH/c1-17-6-9-4-5-18(7-9)8-10-2-3-11(16)13(15)12(10)14;/h2-3,9,17H,4-8H2,1H3;1H. The van der Waals surface area contributed by atoms with Gasteiger partial charge in [-0.3, -0.25) is 4.90 Å². The number of halogens is 4. The summed E-state index contributed by atoms with van der Waals surface area (Å²) in [6.45, 7) is 3.87. The van der Waals surface area contributed by atoms with Crippen LogP contribution in [0.1, 0.15) is 12.0 Å². The van der Waals surface area contributed by atoms with E-state index in [1.807, 2.05) is 7.05 Å². The Balaban J connectivity index is 0.00000180. The molecule has 1 heterocycles. The number of likely N-dealkylation sites (tertiary alicyclic amines) is 1. The number of rotatable bonds is 4. The monoisotopic (exact) mass is 326 g/mol. The van der Waals surface area contributed by atoms with Crippen LogP contribution in [0.15, 0.2) is 12.1 Å². The third kappa shape index (κ3) is 4.20. The molecule has 1 saturated heterocycles. The van der Waals surface area contributed by atoms with Crippen LogP contribution in [-0.2, 0) is 6.54 Å². The van der Waals surface area contributed by atoms with E-state index in [-0.39, 0.29) is 17.4 Å². The van der Waals surface area contributed by atoms with Crippen molar-refractivity contribution >= 4 is 35.6 Å². The van der Waals surface area contributed by atoms with Gasteiger partial charge in [-0.2, -0.15) is 0 Å². The summed E-state index contributed by atoms with van der Waals surface area (Å²) in [6.07, 6.45) is 1.19. The number of nitrogens with one attached hydrogen (secondary N) is 1. The van der Waals surface area contributed by atoms with Gasteiger partial charge in [-0.25, -0.2) is 4.39 Å². The van der Waals surface area contributed by atoms with Crippen LogP contribution >= 0.6 is 35.6 Å². The Kier molecular flexibility index (Phi) is 6.84. The van der Waals surface area contributed by atoms with Gasteiger partial charge in [0.25, 0.3) is 0 Å². The predicted octanol–water partition coefficient (Wildman–Crippen LogP) is 3.60. The minimum Gasteiger partial charge on any atom is -0.319 e. The first kappa shape index (κ1) is 17.0. The second-order valence-corrected chi connectivity index (χ2v) is 5.54. The molecule has 1 aromatic carbocycles. The summed E-state index contributed by atoms with van der Waals surface area (Å²) in [5, 5.41) is 3.57. The molecule has 0 radical (unpaired) electrons. The van der Waals surface area contributed by atoms with Crippen LogP contribution in [-0.4, -0.2) is 31.6 Å². The fraction of sp³-hybridized carbons (Fsp3) is 0.538. The van der Waals surface area contributed by atoms with Gasteiger partial charge in [0.05, 0.1) is 10.0 Å². The first-order valence-corrected chi connectivity index (χ1v) is 6.86. The van der Waals surface area contributed by atoms with Crippen molar-refractivity contribution in [2.24, 2.45) is 5.92 Å². The van der Waals surface area contributed by atoms with Gasteiger partial charge in [0.15, 0.2) is 0 Å². The highest BCUT2D eigenvalue weighted by atomic mass is 35.5. The van der Waals surface area contributed by atoms with Crippen molar-refractivity contribution in [3.63, 3.8) is 0 Å². The van der Waals surface area contributed by atoms with E-state index in [0.717, 1.165) is 31.7 Å². The zero-order valence-corrected chi connectivity index (χ0v) is 13.1. The summed E-state index contributed by atoms with van der Waals surface area (Å²) in [5.74, 6) is 0.226. The summed E-state index contributed by atoms with van der Waals surface area (Å²) < 4.78 is 13.2. The minimum atomic E-state index is -0.458. The van der Waals surface area contributed by atoms with Crippen LogP contribution in [0.5, 0.6) is 0 Å². The third-order valence-electron chi connectivity index (χ3n) is 3.37. The molecule has 0 spiro atoms. The molecule has 19 heavy (non-hydrogen) atoms. The molecule has 2 rings (SSSR count). The second-order valence-electron chi connectivity index (χ2n) is 4.78. The van der Waals surface area contributed by atoms with Crippen LogP contribution < -0.4 is 5.32 Å². The lowest BCUT2D eigenvalue weighted by Crippen LogP contribution is -2.24. The molecule has 1 aliphatic heterocycles. The average Bonchev–Trinajstić information content (AvgIpc) is 2.78. The maximum atomic E-state index is 13.2. The third-order valence-corrected chi connectivity index (χ3v) is 4.27. The average molecular weight is 328 g/mol. The molecule has 1 aliphatic rings. The fourth-order valence-electron chi connectivity index (χ4n) is 2.44. The summed E-state index contributed by atoms with van der Waals surface area (Å²) in [6, 6.07) is 3.10. The quantitative estimate of drug-likeness (QED) is 0.850. The van der Waals surface area contributed by atoms with E-state index in [2.05, 4.69) is 10.2 Å². The van der Waals surface area contributed by atoms with Crippen LogP contribution in [0.4, 0.5) is 4.39 Å². The van der Waals surface area contributed by atoms with E-state index >= 15 is 0 Å². The molecule has 0 bridgehead atoms. The van der Waals surface area contributed by atoms with Crippen molar-refractivity contribution < 1.29 is 4.39 Å². The normalized spacial score (nSPS) is 19.5. The van der Waals surface area contributed by atoms with Crippen LogP contribution in [0.2, 0.25) is 10.0 Å². The van der Waals surface area contributed by atoms with E-state index in [0.29, 0.717) is 10.9 Å². The van der Waals surface area contributed by atoms with Crippen molar-refractivity contribution in [1.82, 2.24) is 10.2 Å². The molecule has 6 heteroatoms. The SMILES string of the molecule is CNCC1CCN(Cc2ccc(F)c(Cl)c2Cl)C1.Cl. The van der Waals surface area contributed by atoms with Gasteiger partial charge in [0.2, 0.25) is 0 Å². The highest BCUT2D eigenvalue weighted by Crippen LogP contribution is 2.30. The van der Waals surface area contributed by atoms with Gasteiger partial charge in [0.1, 0.15) is 5.82 Å². The Bertz CT molecular complexity index is 429. The van der Waals surface area contributed by atoms with Gasteiger partial charge in [-0.15, -0.1) is 12.4 Å². The molecular weight excluding hydrogens is 310 g/mol. The Hall–Kier alpha value is -0.0600. The maximum Gasteiger partial charge on any atom is 0.143 e. The van der Waals surface area contributed by atoms with E-state index in [1.165, 1.54) is 12.5 Å². The van der Waals surface area contributed by atoms with Gasteiger partial charge in [-0.05, 0) is 44.1 Å². The maximum absolute atomic E-state index is 13.2. The highest BCUT2D eigenvalue weighted by Gasteiger charge is 2.22. The Morgan fingerprint density at radius 1 is 1.37 bits per heavy atom. The van der Waals surface area contributed by atoms with Gasteiger partial charge in [-0.1, -0.05) is 29.3 Å². The molecule has 0 aliphatic carbocycles. The number of nitrogens with zero attached hydrogens (tertiary/aromatic N) is 1. The molecule has 1 aromatic rings. The molecule has 2 nitrogen and oxygen atoms in total. The lowest BCUT2D eigenvalue weighted by atomic mass is 10.1. The smallest absolute Gasteiger partial charge is 0.143 e. The summed E-state index contributed by atoms with van der Waals surface area (Å²) >= 11 is 11.9. The Morgan fingerprint density at radius 2 is 2.11 bits per heavy atom. The van der Waals surface area contributed by atoms with Crippen LogP contribution in [0, 0.1) is 11.7 Å². The van der Waals surface area contributed by atoms with Crippen LogP contribution in [0.25, 0.3) is 0 Å². The Labute approximate surface area is 129 Å². The second kappa shape index (κ2) is 7.65. The molecule has 0 aromatic heterocycles. The lowest BCUT2D eigenvalue weighted by molar-refractivity contribution is 0.315. The largest absolute Gasteiger partial charge is 0.319 e. The van der Waals surface area contributed by atoms with E-state index in [1.54, 1.807) is 6.07 Å². The van der Waals surface area contributed by atoms with Crippen molar-refractivity contribution in [2.45, 2.75) is 13.0 Å². The van der Waals surface area contributed by atoms with Crippen molar-refractivity contribution in [3.05, 3.63) is 33.6 Å². The van der Waals surface area contributed by atoms with E-state index in [9.17, 15) is 4.39 Å². The molecule has 1 atom stereocenters. The van der Waals surface area contributed by atoms with E-state index < -0.39 is 5.82 Å². The van der Waals surface area contributed by atoms with Crippen molar-refractivity contribution in [1.29, 1.82) is 0 Å². The van der Waals surface area contributed by atoms with Gasteiger partial charge < -0.3 is 5.32 Å². The molecule has 1 N–H and O–H groups in total. The van der Waals surface area contributed by atoms with Crippen LogP contribution in [0.3, 0.4) is 0 Å². The lowest BCUT2D eigenvalue weighted by Gasteiger charge is -2.17. The molecule has 0 amide bonds. The van der Waals surface area contributed by atoms with E-state index in [4.69, 9.17) is 23.2 Å². The summed E-state index contributed by atoms with van der Waals surface area (Å²) in [7, 11) is 1.97. The summed E-state index contributed by atoms with van der Waals surface area (Å²) in [5.41, 5.74) is 0.896. The van der Waals surface area contributed by atoms with Gasteiger partial charge in [0, 0.05) is 13.1 Å². The fourth-order valence-corrected chi connectivity index (χ4v) is 2.84. The van der Waals surface area contributed by atoms with Crippen molar-refractivity contribution in [3.8, 4) is 0 Å². The molecule has 108 valence electrons. The first-order chi connectivity index (χ1) is 8.61. The zero-order chi connectivity index (χ0) is 13.1. The van der Waals surface area contributed by atoms with Crippen molar-refractivity contribution in [2.75, 3.05) is 26.7 Å². The Morgan fingerprint density at radius 3 is 2.79 bits per heavy atom. The topological polar surface area (TPSA) is 15.3 Å². The van der Waals surface area contributed by atoms with Gasteiger partial charge >= 0.3 is 0 Å². The summed E-state index contributed by atoms with van der Waals surface area (Å²) in [4.78, 5) is 2.33. The highest BCUT2D eigenvalue weighted by molar-refractivity contribution is 6.42. The zero-order valence-electron chi connectivity index (χ0n) is 10.8. The molecule has 0 saturated carbocycles. The number of hydrogen-bond acceptors (Lipinski definition) is 2. The molecule has 1 fully saturated rings. The molecule has 1 unspecified atom stereocenters. The molecular formula is C13H18Cl3FN2. The number of hydrogen-bond donors (Lipinski definition) is 1. The first-order valence-electron chi connectivity index (χ1n) is 6.11. The predicted molar refractivity (Wildman–Crippen MR) is 81.0 cm³/mol. The number of benzene rings is 1.